The molecule has 0 radical (unpaired) electrons. The molecule has 0 spiro atoms. The molecule has 0 saturated heterocycles. The third-order valence-electron chi connectivity index (χ3n) is 9.14. The monoisotopic (exact) mass is 486 g/mol. The van der Waals surface area contributed by atoms with Gasteiger partial charge < -0.3 is 15.4 Å². The Balaban J connectivity index is 0.885. The van der Waals surface area contributed by atoms with Crippen LogP contribution >= 0.6 is 0 Å². The zero-order valence-electron chi connectivity index (χ0n) is 21.1. The second kappa shape index (κ2) is 9.91. The fraction of sp³-hybridized carbons (Fsp3) is 0.548. The first-order valence-corrected chi connectivity index (χ1v) is 14.0. The van der Waals surface area contributed by atoms with Crippen LogP contribution < -0.4 is 10.6 Å². The number of carbonyl (C=O) groups is 2. The van der Waals surface area contributed by atoms with Gasteiger partial charge in [-0.3, -0.25) is 4.79 Å². The Hall–Kier alpha value is -2.82. The van der Waals surface area contributed by atoms with E-state index >= 15 is 0 Å². The standard InChI is InChI=1S/C31H38N2O3/c34-29(33-31-17-21-14-22(18-31)16-23(15-21)19-31)12-2-1-7-13-32-30(35)36-20-28-26-10-5-3-8-24(26)25-9-4-6-11-27(25)28/h3-6,8-11,21-23,28H,1-2,7,12-20H2,(H,32,35)(H,33,34). The fourth-order valence-corrected chi connectivity index (χ4v) is 8.05. The fourth-order valence-electron chi connectivity index (χ4n) is 8.05. The summed E-state index contributed by atoms with van der Waals surface area (Å²) in [6.07, 6.45) is 10.7. The van der Waals surface area contributed by atoms with Gasteiger partial charge in [-0.25, -0.2) is 4.79 Å². The van der Waals surface area contributed by atoms with Crippen molar-refractivity contribution in [2.24, 2.45) is 17.8 Å². The van der Waals surface area contributed by atoms with Gasteiger partial charge >= 0.3 is 6.09 Å². The van der Waals surface area contributed by atoms with Gasteiger partial charge in [-0.15, -0.1) is 0 Å². The number of amides is 2. The van der Waals surface area contributed by atoms with Crippen molar-refractivity contribution in [1.82, 2.24) is 10.6 Å². The lowest BCUT2D eigenvalue weighted by Crippen LogP contribution is -2.59. The van der Waals surface area contributed by atoms with Crippen LogP contribution in [0, 0.1) is 17.8 Å². The van der Waals surface area contributed by atoms with E-state index in [1.54, 1.807) is 0 Å². The van der Waals surface area contributed by atoms with E-state index in [9.17, 15) is 9.59 Å². The summed E-state index contributed by atoms with van der Waals surface area (Å²) in [5, 5.41) is 6.35. The summed E-state index contributed by atoms with van der Waals surface area (Å²) in [6.45, 7) is 0.914. The van der Waals surface area contributed by atoms with E-state index < -0.39 is 0 Å². The Kier molecular flexibility index (Phi) is 6.49. The Morgan fingerprint density at radius 2 is 1.39 bits per heavy atom. The molecule has 4 bridgehead atoms. The molecule has 2 aromatic rings. The minimum Gasteiger partial charge on any atom is -0.449 e. The van der Waals surface area contributed by atoms with Crippen molar-refractivity contribution in [3.8, 4) is 11.1 Å². The molecule has 2 N–H and O–H groups in total. The number of alkyl carbamates (subject to hydrolysis) is 1. The molecule has 5 aliphatic carbocycles. The highest BCUT2D eigenvalue weighted by Crippen LogP contribution is 2.55. The van der Waals surface area contributed by atoms with Crippen LogP contribution in [-0.2, 0) is 9.53 Å². The Morgan fingerprint density at radius 3 is 2.00 bits per heavy atom. The molecular formula is C31H38N2O3. The molecular weight excluding hydrogens is 448 g/mol. The average Bonchev–Trinajstić information content (AvgIpc) is 3.17. The molecule has 5 heteroatoms. The zero-order valence-corrected chi connectivity index (χ0v) is 21.1. The molecule has 7 rings (SSSR count). The first-order chi connectivity index (χ1) is 17.6. The van der Waals surface area contributed by atoms with E-state index in [2.05, 4.69) is 47.0 Å². The Morgan fingerprint density at radius 1 is 0.806 bits per heavy atom. The number of fused-ring (bicyclic) bond motifs is 3. The van der Waals surface area contributed by atoms with Crippen molar-refractivity contribution >= 4 is 12.0 Å². The summed E-state index contributed by atoms with van der Waals surface area (Å²) in [4.78, 5) is 25.0. The van der Waals surface area contributed by atoms with E-state index in [1.807, 2.05) is 12.1 Å². The maximum atomic E-state index is 12.7. The lowest BCUT2D eigenvalue weighted by molar-refractivity contribution is -0.127. The summed E-state index contributed by atoms with van der Waals surface area (Å²) in [6, 6.07) is 16.7. The molecule has 0 aliphatic heterocycles. The molecule has 36 heavy (non-hydrogen) atoms. The quantitative estimate of drug-likeness (QED) is 0.417. The van der Waals surface area contributed by atoms with Crippen molar-refractivity contribution in [3.63, 3.8) is 0 Å². The van der Waals surface area contributed by atoms with Crippen molar-refractivity contribution < 1.29 is 14.3 Å². The first-order valence-electron chi connectivity index (χ1n) is 14.0. The molecule has 5 nitrogen and oxygen atoms in total. The minimum absolute atomic E-state index is 0.0793. The molecule has 2 amide bonds. The summed E-state index contributed by atoms with van der Waals surface area (Å²) < 4.78 is 5.60. The lowest BCUT2D eigenvalue weighted by atomic mass is 9.53. The molecule has 190 valence electrons. The van der Waals surface area contributed by atoms with E-state index in [0.29, 0.717) is 19.6 Å². The SMILES string of the molecule is O=C(CCCCCNC(=O)OCC1c2ccccc2-c2ccccc21)NC12CC3CC(CC(C3)C1)C2. The van der Waals surface area contributed by atoms with Crippen LogP contribution in [0.1, 0.15) is 81.3 Å². The van der Waals surface area contributed by atoms with Gasteiger partial charge in [0.05, 0.1) is 0 Å². The Bertz CT molecular complexity index is 1050. The van der Waals surface area contributed by atoms with Gasteiger partial charge in [-0.2, -0.15) is 0 Å². The summed E-state index contributed by atoms with van der Waals surface area (Å²) in [5.74, 6) is 2.85. The number of unbranched alkanes of at least 4 members (excludes halogenated alkanes) is 2. The van der Waals surface area contributed by atoms with Crippen molar-refractivity contribution in [1.29, 1.82) is 0 Å². The number of nitrogens with one attached hydrogen (secondary N) is 2. The molecule has 0 unspecified atom stereocenters. The van der Waals surface area contributed by atoms with Gasteiger partial charge in [0.25, 0.3) is 0 Å². The second-order valence-corrected chi connectivity index (χ2v) is 11.8. The summed E-state index contributed by atoms with van der Waals surface area (Å²) in [5.41, 5.74) is 5.01. The highest BCUT2D eigenvalue weighted by atomic mass is 16.5. The van der Waals surface area contributed by atoms with Crippen LogP contribution in [0.25, 0.3) is 11.1 Å². The highest BCUT2D eigenvalue weighted by molar-refractivity contribution is 5.79. The van der Waals surface area contributed by atoms with Gasteiger partial charge in [0.15, 0.2) is 0 Å². The third kappa shape index (κ3) is 4.77. The maximum Gasteiger partial charge on any atom is 0.407 e. The minimum atomic E-state index is -0.364. The number of carbonyl (C=O) groups excluding carboxylic acids is 2. The normalized spacial score (nSPS) is 27.4. The van der Waals surface area contributed by atoms with E-state index in [4.69, 9.17) is 4.74 Å². The average molecular weight is 487 g/mol. The maximum absolute atomic E-state index is 12.7. The first kappa shape index (κ1) is 23.6. The molecule has 4 fully saturated rings. The summed E-state index contributed by atoms with van der Waals surface area (Å²) in [7, 11) is 0. The zero-order chi connectivity index (χ0) is 24.5. The van der Waals surface area contributed by atoms with E-state index in [-0.39, 0.29) is 23.5 Å². The van der Waals surface area contributed by atoms with Crippen LogP contribution in [0.5, 0.6) is 0 Å². The second-order valence-electron chi connectivity index (χ2n) is 11.8. The van der Waals surface area contributed by atoms with Crippen LogP contribution in [0.4, 0.5) is 4.79 Å². The largest absolute Gasteiger partial charge is 0.449 e. The van der Waals surface area contributed by atoms with E-state index in [1.165, 1.54) is 60.8 Å². The molecule has 0 atom stereocenters. The van der Waals surface area contributed by atoms with Gasteiger partial charge in [0.1, 0.15) is 6.61 Å². The molecule has 0 aromatic heterocycles. The van der Waals surface area contributed by atoms with Gasteiger partial charge in [-0.1, -0.05) is 55.0 Å². The number of hydrogen-bond donors (Lipinski definition) is 2. The molecule has 5 aliphatic rings. The Labute approximate surface area is 214 Å². The predicted octanol–water partition coefficient (Wildman–Crippen LogP) is 6.17. The molecule has 0 heterocycles. The van der Waals surface area contributed by atoms with Crippen LogP contribution in [0.15, 0.2) is 48.5 Å². The van der Waals surface area contributed by atoms with E-state index in [0.717, 1.165) is 37.0 Å². The number of rotatable bonds is 9. The molecule has 2 aromatic carbocycles. The van der Waals surface area contributed by atoms with Gasteiger partial charge in [-0.05, 0) is 91.4 Å². The summed E-state index contributed by atoms with van der Waals surface area (Å²) >= 11 is 0. The van der Waals surface area contributed by atoms with Gasteiger partial charge in [0.2, 0.25) is 5.91 Å². The topological polar surface area (TPSA) is 67.4 Å². The van der Waals surface area contributed by atoms with Crippen LogP contribution in [0.3, 0.4) is 0 Å². The number of benzene rings is 2. The number of ether oxygens (including phenoxy) is 1. The lowest BCUT2D eigenvalue weighted by Gasteiger charge is -2.56. The third-order valence-corrected chi connectivity index (χ3v) is 9.14. The van der Waals surface area contributed by atoms with Crippen molar-refractivity contribution in [3.05, 3.63) is 59.7 Å². The van der Waals surface area contributed by atoms with Gasteiger partial charge in [0, 0.05) is 24.4 Å². The van der Waals surface area contributed by atoms with Crippen LogP contribution in [-0.4, -0.2) is 30.7 Å². The molecule has 4 saturated carbocycles. The highest BCUT2D eigenvalue weighted by Gasteiger charge is 2.51. The number of hydrogen-bond acceptors (Lipinski definition) is 3. The van der Waals surface area contributed by atoms with Crippen LogP contribution in [0.2, 0.25) is 0 Å². The van der Waals surface area contributed by atoms with Crippen molar-refractivity contribution in [2.45, 2.75) is 75.7 Å². The smallest absolute Gasteiger partial charge is 0.407 e. The van der Waals surface area contributed by atoms with Crippen molar-refractivity contribution in [2.75, 3.05) is 13.2 Å². The predicted molar refractivity (Wildman–Crippen MR) is 141 cm³/mol.